The third kappa shape index (κ3) is 2.56. The zero-order valence-electron chi connectivity index (χ0n) is 13.4. The molecule has 5 nitrogen and oxygen atoms in total. The summed E-state index contributed by atoms with van der Waals surface area (Å²) in [6.45, 7) is 4.88. The summed E-state index contributed by atoms with van der Waals surface area (Å²) in [5, 5.41) is 0.620. The van der Waals surface area contributed by atoms with Crippen molar-refractivity contribution in [2.75, 3.05) is 44.7 Å². The predicted molar refractivity (Wildman–Crippen MR) is 90.4 cm³/mol. The molecule has 5 rings (SSSR count). The second-order valence-corrected chi connectivity index (χ2v) is 7.09. The highest BCUT2D eigenvalue weighted by atomic mass is 35.5. The van der Waals surface area contributed by atoms with E-state index in [1.807, 2.05) is 17.0 Å². The molecule has 0 aromatic heterocycles. The number of piperidine rings is 3. The van der Waals surface area contributed by atoms with Gasteiger partial charge in [-0.1, -0.05) is 11.6 Å². The lowest BCUT2D eigenvalue weighted by Crippen LogP contribution is -2.58. The maximum atomic E-state index is 13.0. The van der Waals surface area contributed by atoms with Crippen LogP contribution in [0.3, 0.4) is 0 Å². The van der Waals surface area contributed by atoms with Gasteiger partial charge in [-0.2, -0.15) is 0 Å². The lowest BCUT2D eigenvalue weighted by Gasteiger charge is -2.47. The number of carbonyl (C=O) groups is 1. The number of benzene rings is 1. The fourth-order valence-electron chi connectivity index (χ4n) is 4.25. The first kappa shape index (κ1) is 15.1. The Morgan fingerprint density at radius 1 is 1.17 bits per heavy atom. The van der Waals surface area contributed by atoms with Crippen LogP contribution in [-0.2, 0) is 0 Å². The first-order valence-electron chi connectivity index (χ1n) is 8.31. The highest BCUT2D eigenvalue weighted by Gasteiger charge is 2.43. The molecule has 4 fully saturated rings. The Balaban J connectivity index is 1.57. The molecule has 1 atom stereocenters. The van der Waals surface area contributed by atoms with Gasteiger partial charge in [-0.05, 0) is 50.0 Å². The van der Waals surface area contributed by atoms with E-state index in [9.17, 15) is 4.79 Å². The molecule has 0 saturated carbocycles. The van der Waals surface area contributed by atoms with Crippen molar-refractivity contribution in [1.82, 2.24) is 9.80 Å². The molecule has 2 bridgehead atoms. The Bertz CT molecular complexity index is 616. The summed E-state index contributed by atoms with van der Waals surface area (Å²) in [6, 6.07) is 5.87. The normalized spacial score (nSPS) is 30.2. The summed E-state index contributed by atoms with van der Waals surface area (Å²) < 4.78 is 5.41. The number of anilines is 1. The minimum Gasteiger partial charge on any atom is -0.495 e. The molecule has 1 aromatic rings. The topological polar surface area (TPSA) is 36.0 Å². The summed E-state index contributed by atoms with van der Waals surface area (Å²) in [5.74, 6) is 1.35. The Morgan fingerprint density at radius 2 is 1.96 bits per heavy atom. The van der Waals surface area contributed by atoms with Crippen molar-refractivity contribution in [2.45, 2.75) is 18.9 Å². The van der Waals surface area contributed by atoms with E-state index in [1.54, 1.807) is 13.2 Å². The van der Waals surface area contributed by atoms with Gasteiger partial charge in [0.1, 0.15) is 5.75 Å². The number of methoxy groups -OCH3 is 1. The van der Waals surface area contributed by atoms with Gasteiger partial charge in [-0.25, -0.2) is 4.79 Å². The highest BCUT2D eigenvalue weighted by molar-refractivity contribution is 6.31. The number of hydrogen-bond donors (Lipinski definition) is 0. The standard InChI is InChI=1S/C17H22ClN3O2/c1-23-16-3-2-13(18)10-14(16)20-8-9-21(17(20)22)15-11-19-6-4-12(15)5-7-19/h2-3,10,12,15H,4-9,11H2,1H3. The van der Waals surface area contributed by atoms with Crippen LogP contribution in [0.4, 0.5) is 10.5 Å². The number of halogens is 1. The van der Waals surface area contributed by atoms with E-state index in [4.69, 9.17) is 16.3 Å². The van der Waals surface area contributed by atoms with Crippen molar-refractivity contribution < 1.29 is 9.53 Å². The lowest BCUT2D eigenvalue weighted by atomic mass is 9.83. The predicted octanol–water partition coefficient (Wildman–Crippen LogP) is 2.68. The van der Waals surface area contributed by atoms with Crippen molar-refractivity contribution in [3.8, 4) is 5.75 Å². The Kier molecular flexibility index (Phi) is 3.85. The number of fused-ring (bicyclic) bond motifs is 3. The van der Waals surface area contributed by atoms with Gasteiger partial charge in [0.2, 0.25) is 0 Å². The maximum absolute atomic E-state index is 13.0. The molecule has 4 aliphatic heterocycles. The van der Waals surface area contributed by atoms with Crippen molar-refractivity contribution in [3.63, 3.8) is 0 Å². The largest absolute Gasteiger partial charge is 0.495 e. The number of amides is 2. The zero-order valence-corrected chi connectivity index (χ0v) is 14.1. The van der Waals surface area contributed by atoms with E-state index in [1.165, 1.54) is 25.9 Å². The van der Waals surface area contributed by atoms with Crippen molar-refractivity contribution in [1.29, 1.82) is 0 Å². The quantitative estimate of drug-likeness (QED) is 0.852. The van der Waals surface area contributed by atoms with E-state index in [0.29, 0.717) is 29.3 Å². The summed E-state index contributed by atoms with van der Waals surface area (Å²) in [6.07, 6.45) is 2.43. The van der Waals surface area contributed by atoms with Gasteiger partial charge in [0, 0.05) is 30.7 Å². The number of ether oxygens (including phenoxy) is 1. The number of carbonyl (C=O) groups excluding carboxylic acids is 1. The van der Waals surface area contributed by atoms with Crippen molar-refractivity contribution in [3.05, 3.63) is 23.2 Å². The van der Waals surface area contributed by atoms with Crippen LogP contribution < -0.4 is 9.64 Å². The minimum atomic E-state index is 0.0873. The van der Waals surface area contributed by atoms with Crippen molar-refractivity contribution in [2.24, 2.45) is 5.92 Å². The molecule has 0 aliphatic carbocycles. The zero-order chi connectivity index (χ0) is 16.0. The highest BCUT2D eigenvalue weighted by Crippen LogP contribution is 2.37. The van der Waals surface area contributed by atoms with Crippen LogP contribution in [0.2, 0.25) is 5.02 Å². The number of rotatable bonds is 3. The van der Waals surface area contributed by atoms with Crippen LogP contribution in [0.1, 0.15) is 12.8 Å². The lowest BCUT2D eigenvalue weighted by molar-refractivity contribution is 0.0300. The average molecular weight is 336 g/mol. The van der Waals surface area contributed by atoms with Gasteiger partial charge < -0.3 is 14.5 Å². The molecule has 124 valence electrons. The van der Waals surface area contributed by atoms with E-state index in [2.05, 4.69) is 9.80 Å². The first-order chi connectivity index (χ1) is 11.2. The Hall–Kier alpha value is -1.46. The summed E-state index contributed by atoms with van der Waals surface area (Å²) in [5.41, 5.74) is 0.772. The van der Waals surface area contributed by atoms with Crippen LogP contribution in [-0.4, -0.2) is 61.7 Å². The van der Waals surface area contributed by atoms with E-state index in [0.717, 1.165) is 18.8 Å². The van der Waals surface area contributed by atoms with Crippen LogP contribution >= 0.6 is 11.6 Å². The third-order valence-electron chi connectivity index (χ3n) is 5.49. The summed E-state index contributed by atoms with van der Waals surface area (Å²) in [7, 11) is 1.62. The minimum absolute atomic E-state index is 0.0873. The summed E-state index contributed by atoms with van der Waals surface area (Å²) >= 11 is 6.12. The Morgan fingerprint density at radius 3 is 2.61 bits per heavy atom. The van der Waals surface area contributed by atoms with Gasteiger partial charge in [0.15, 0.2) is 0 Å². The smallest absolute Gasteiger partial charge is 0.325 e. The van der Waals surface area contributed by atoms with Crippen LogP contribution in [0.15, 0.2) is 18.2 Å². The maximum Gasteiger partial charge on any atom is 0.325 e. The molecule has 1 unspecified atom stereocenters. The number of hydrogen-bond acceptors (Lipinski definition) is 3. The second kappa shape index (κ2) is 5.87. The third-order valence-corrected chi connectivity index (χ3v) is 5.73. The summed E-state index contributed by atoms with van der Waals surface area (Å²) in [4.78, 5) is 19.4. The number of urea groups is 1. The van der Waals surface area contributed by atoms with Crippen LogP contribution in [0.25, 0.3) is 0 Å². The molecule has 4 aliphatic rings. The van der Waals surface area contributed by atoms with Crippen LogP contribution in [0, 0.1) is 5.92 Å². The molecule has 6 heteroatoms. The molecular formula is C17H22ClN3O2. The van der Waals surface area contributed by atoms with Gasteiger partial charge in [-0.15, -0.1) is 0 Å². The van der Waals surface area contributed by atoms with Gasteiger partial charge in [-0.3, -0.25) is 4.90 Å². The molecule has 4 saturated heterocycles. The van der Waals surface area contributed by atoms with E-state index >= 15 is 0 Å². The number of nitrogens with zero attached hydrogens (tertiary/aromatic N) is 3. The molecule has 0 spiro atoms. The second-order valence-electron chi connectivity index (χ2n) is 6.65. The molecule has 0 N–H and O–H groups in total. The fraction of sp³-hybridized carbons (Fsp3) is 0.588. The van der Waals surface area contributed by atoms with Crippen molar-refractivity contribution >= 4 is 23.3 Å². The fourth-order valence-corrected chi connectivity index (χ4v) is 4.41. The molecule has 0 radical (unpaired) electrons. The molecule has 2 amide bonds. The molecule has 4 heterocycles. The first-order valence-corrected chi connectivity index (χ1v) is 8.69. The van der Waals surface area contributed by atoms with Gasteiger partial charge >= 0.3 is 6.03 Å². The Labute approximate surface area is 141 Å². The monoisotopic (exact) mass is 335 g/mol. The average Bonchev–Trinajstić information content (AvgIpc) is 2.97. The SMILES string of the molecule is COc1ccc(Cl)cc1N1CCN(C2CN3CCC2CC3)C1=O. The van der Waals surface area contributed by atoms with Gasteiger partial charge in [0.05, 0.1) is 12.8 Å². The van der Waals surface area contributed by atoms with E-state index < -0.39 is 0 Å². The molecule has 1 aromatic carbocycles. The van der Waals surface area contributed by atoms with E-state index in [-0.39, 0.29) is 6.03 Å². The van der Waals surface area contributed by atoms with Crippen LogP contribution in [0.5, 0.6) is 5.75 Å². The van der Waals surface area contributed by atoms with Gasteiger partial charge in [0.25, 0.3) is 0 Å². The molecular weight excluding hydrogens is 314 g/mol. The molecule has 23 heavy (non-hydrogen) atoms.